The number of dihydropyridines is 1. The van der Waals surface area contributed by atoms with Crippen LogP contribution in [0.5, 0.6) is 0 Å². The molecule has 1 rings (SSSR count). The third-order valence-electron chi connectivity index (χ3n) is 0.852. The van der Waals surface area contributed by atoms with E-state index in [2.05, 4.69) is 4.99 Å². The van der Waals surface area contributed by atoms with Crippen LogP contribution in [0.2, 0.25) is 0 Å². The predicted molar refractivity (Wildman–Crippen MR) is 32.3 cm³/mol. The Labute approximate surface area is 56.0 Å². The molecule has 0 N–H and O–H groups in total. The van der Waals surface area contributed by atoms with Crippen LogP contribution in [0.15, 0.2) is 17.1 Å². The van der Waals surface area contributed by atoms with Gasteiger partial charge in [-0.25, -0.2) is 4.39 Å². The molecule has 9 heavy (non-hydrogen) atoms. The van der Waals surface area contributed by atoms with Crippen molar-refractivity contribution in [3.05, 3.63) is 12.2 Å². The van der Waals surface area contributed by atoms with E-state index in [1.54, 1.807) is 0 Å². The van der Waals surface area contributed by atoms with Crippen LogP contribution in [0.4, 0.5) is 4.39 Å². The number of amides is 1. The molecule has 1 heterocycles. The minimum atomic E-state index is -1.40. The summed E-state index contributed by atoms with van der Waals surface area (Å²) in [5.74, 6) is -0.506. The minimum absolute atomic E-state index is 0.289. The van der Waals surface area contributed by atoms with E-state index in [4.69, 9.17) is 11.6 Å². The molecule has 1 unspecified atom stereocenters. The van der Waals surface area contributed by atoms with Gasteiger partial charge < -0.3 is 0 Å². The first-order valence-corrected chi connectivity index (χ1v) is 2.68. The lowest BCUT2D eigenvalue weighted by Crippen LogP contribution is -2.12. The first kappa shape index (κ1) is 6.42. The lowest BCUT2D eigenvalue weighted by Gasteiger charge is -2.01. The summed E-state index contributed by atoms with van der Waals surface area (Å²) < 4.78 is 12.2. The fraction of sp³-hybridized carbons (Fsp3) is 0.200. The summed E-state index contributed by atoms with van der Waals surface area (Å²) in [6, 6.07) is 0. The van der Waals surface area contributed by atoms with Crippen LogP contribution < -0.4 is 0 Å². The van der Waals surface area contributed by atoms with Crippen LogP contribution in [-0.2, 0) is 4.79 Å². The van der Waals surface area contributed by atoms with Crippen molar-refractivity contribution in [2.45, 2.75) is 6.17 Å². The van der Waals surface area contributed by atoms with Gasteiger partial charge in [-0.15, -0.1) is 0 Å². The highest BCUT2D eigenvalue weighted by Crippen LogP contribution is 2.06. The Bertz CT molecular complexity index is 199. The Morgan fingerprint density at radius 2 is 2.44 bits per heavy atom. The first-order chi connectivity index (χ1) is 4.20. The standard InChI is InChI=1S/C5H3ClFNO/c6-5-3(7)1-2-4(9)8-5/h1-3H. The highest BCUT2D eigenvalue weighted by Gasteiger charge is 2.14. The van der Waals surface area contributed by atoms with Gasteiger partial charge >= 0.3 is 0 Å². The highest BCUT2D eigenvalue weighted by atomic mass is 35.5. The SMILES string of the molecule is O=C1C=CC(F)C(Cl)=N1. The molecule has 1 aliphatic heterocycles. The second kappa shape index (κ2) is 2.27. The Hall–Kier alpha value is -0.700. The van der Waals surface area contributed by atoms with Crippen molar-refractivity contribution in [3.8, 4) is 0 Å². The van der Waals surface area contributed by atoms with Gasteiger partial charge in [-0.05, 0) is 6.08 Å². The average molecular weight is 148 g/mol. The van der Waals surface area contributed by atoms with E-state index in [0.29, 0.717) is 0 Å². The van der Waals surface area contributed by atoms with Gasteiger partial charge in [-0.2, -0.15) is 4.99 Å². The number of allylic oxidation sites excluding steroid dienone is 1. The van der Waals surface area contributed by atoms with Crippen LogP contribution >= 0.6 is 11.6 Å². The fourth-order valence-electron chi connectivity index (χ4n) is 0.450. The molecule has 0 saturated heterocycles. The molecule has 48 valence electrons. The molecule has 0 aromatic carbocycles. The lowest BCUT2D eigenvalue weighted by atomic mass is 10.3. The van der Waals surface area contributed by atoms with Gasteiger partial charge in [-0.3, -0.25) is 4.79 Å². The van der Waals surface area contributed by atoms with Gasteiger partial charge in [0.1, 0.15) is 5.17 Å². The maximum atomic E-state index is 12.2. The van der Waals surface area contributed by atoms with Crippen molar-refractivity contribution < 1.29 is 9.18 Å². The Balaban J connectivity index is 2.82. The van der Waals surface area contributed by atoms with E-state index in [-0.39, 0.29) is 5.17 Å². The number of halogens is 2. The van der Waals surface area contributed by atoms with Gasteiger partial charge in [0, 0.05) is 6.08 Å². The van der Waals surface area contributed by atoms with Crippen molar-refractivity contribution >= 4 is 22.7 Å². The number of carbonyl (C=O) groups is 1. The second-order valence-electron chi connectivity index (χ2n) is 1.53. The quantitative estimate of drug-likeness (QED) is 0.504. The van der Waals surface area contributed by atoms with Crippen molar-refractivity contribution in [1.29, 1.82) is 0 Å². The summed E-state index contributed by atoms with van der Waals surface area (Å²) in [5.41, 5.74) is 0. The van der Waals surface area contributed by atoms with E-state index in [1.165, 1.54) is 0 Å². The summed E-state index contributed by atoms with van der Waals surface area (Å²) in [6.07, 6.45) is 0.721. The summed E-state index contributed by atoms with van der Waals surface area (Å²) >= 11 is 5.16. The zero-order chi connectivity index (χ0) is 6.85. The molecule has 0 aromatic rings. The monoisotopic (exact) mass is 147 g/mol. The summed E-state index contributed by atoms with van der Waals surface area (Å²) in [6.45, 7) is 0. The molecule has 0 fully saturated rings. The van der Waals surface area contributed by atoms with E-state index in [9.17, 15) is 9.18 Å². The van der Waals surface area contributed by atoms with Crippen LogP contribution in [0, 0.1) is 0 Å². The van der Waals surface area contributed by atoms with Crippen LogP contribution in [-0.4, -0.2) is 17.2 Å². The van der Waals surface area contributed by atoms with E-state index < -0.39 is 12.1 Å². The van der Waals surface area contributed by atoms with Gasteiger partial charge in [0.2, 0.25) is 0 Å². The smallest absolute Gasteiger partial charge is 0.267 e. The maximum Gasteiger partial charge on any atom is 0.270 e. The van der Waals surface area contributed by atoms with Crippen LogP contribution in [0.1, 0.15) is 0 Å². The molecule has 1 atom stereocenters. The molecule has 0 aliphatic carbocycles. The molecule has 0 spiro atoms. The molecule has 0 aromatic heterocycles. The molecule has 0 radical (unpaired) electrons. The van der Waals surface area contributed by atoms with Crippen molar-refractivity contribution in [2.24, 2.45) is 4.99 Å². The average Bonchev–Trinajstić information content (AvgIpc) is 1.80. The van der Waals surface area contributed by atoms with Gasteiger partial charge in [0.25, 0.3) is 5.91 Å². The van der Waals surface area contributed by atoms with Crippen LogP contribution in [0.3, 0.4) is 0 Å². The molecule has 1 aliphatic rings. The zero-order valence-electron chi connectivity index (χ0n) is 4.34. The number of nitrogens with zero attached hydrogens (tertiary/aromatic N) is 1. The zero-order valence-corrected chi connectivity index (χ0v) is 5.10. The topological polar surface area (TPSA) is 29.4 Å². The molecular formula is C5H3ClFNO. The Kier molecular flexibility index (Phi) is 1.62. The molecule has 2 nitrogen and oxygen atoms in total. The predicted octanol–water partition coefficient (Wildman–Crippen LogP) is 1.06. The maximum absolute atomic E-state index is 12.2. The number of alkyl halides is 1. The minimum Gasteiger partial charge on any atom is -0.267 e. The van der Waals surface area contributed by atoms with Gasteiger partial charge in [0.15, 0.2) is 6.17 Å². The van der Waals surface area contributed by atoms with Crippen molar-refractivity contribution in [1.82, 2.24) is 0 Å². The van der Waals surface area contributed by atoms with Gasteiger partial charge in [-0.1, -0.05) is 11.6 Å². The summed E-state index contributed by atoms with van der Waals surface area (Å²) in [5, 5.41) is -0.289. The number of rotatable bonds is 0. The van der Waals surface area contributed by atoms with Gasteiger partial charge in [0.05, 0.1) is 0 Å². The molecule has 0 bridgehead atoms. The molecule has 4 heteroatoms. The van der Waals surface area contributed by atoms with Crippen LogP contribution in [0.25, 0.3) is 0 Å². The third kappa shape index (κ3) is 1.36. The van der Waals surface area contributed by atoms with Crippen molar-refractivity contribution in [2.75, 3.05) is 0 Å². The second-order valence-corrected chi connectivity index (χ2v) is 1.92. The highest BCUT2D eigenvalue weighted by molar-refractivity contribution is 6.67. The summed E-state index contributed by atoms with van der Waals surface area (Å²) in [4.78, 5) is 13.4. The third-order valence-corrected chi connectivity index (χ3v) is 1.15. The number of aliphatic imine (C=N–C) groups is 1. The number of hydrogen-bond donors (Lipinski definition) is 0. The lowest BCUT2D eigenvalue weighted by molar-refractivity contribution is -0.113. The molecule has 0 saturated carbocycles. The summed E-state index contributed by atoms with van der Waals surface area (Å²) in [7, 11) is 0. The number of hydrogen-bond acceptors (Lipinski definition) is 1. The normalized spacial score (nSPS) is 26.2. The fourth-order valence-corrected chi connectivity index (χ4v) is 0.606. The number of carbonyl (C=O) groups excluding carboxylic acids is 1. The first-order valence-electron chi connectivity index (χ1n) is 2.30. The van der Waals surface area contributed by atoms with E-state index in [0.717, 1.165) is 12.2 Å². The van der Waals surface area contributed by atoms with E-state index in [1.807, 2.05) is 0 Å². The molecule has 1 amide bonds. The van der Waals surface area contributed by atoms with Crippen molar-refractivity contribution in [3.63, 3.8) is 0 Å². The van der Waals surface area contributed by atoms with E-state index >= 15 is 0 Å². The Morgan fingerprint density at radius 3 is 2.89 bits per heavy atom. The molecular weight excluding hydrogens is 145 g/mol. The largest absolute Gasteiger partial charge is 0.270 e. The Morgan fingerprint density at radius 1 is 1.78 bits per heavy atom.